The summed E-state index contributed by atoms with van der Waals surface area (Å²) in [7, 11) is 3.40. The first kappa shape index (κ1) is 18.1. The fourth-order valence-electron chi connectivity index (χ4n) is 3.61. The summed E-state index contributed by atoms with van der Waals surface area (Å²) < 4.78 is 11.0. The van der Waals surface area contributed by atoms with Crippen LogP contribution in [-0.4, -0.2) is 40.4 Å². The molecule has 3 rings (SSSR count). The molecule has 0 radical (unpaired) electrons. The van der Waals surface area contributed by atoms with Crippen molar-refractivity contribution in [2.24, 2.45) is 0 Å². The van der Waals surface area contributed by atoms with E-state index < -0.39 is 0 Å². The Morgan fingerprint density at radius 2 is 1.56 bits per heavy atom. The largest absolute Gasteiger partial charge is 0.493 e. The predicted octanol–water partition coefficient (Wildman–Crippen LogP) is 0.841. The van der Waals surface area contributed by atoms with Gasteiger partial charge in [-0.25, -0.2) is 0 Å². The summed E-state index contributed by atoms with van der Waals surface area (Å²) >= 11 is 6.09. The molecule has 0 saturated carbocycles. The molecule has 1 aliphatic rings. The van der Waals surface area contributed by atoms with Crippen molar-refractivity contribution in [2.75, 3.05) is 40.4 Å². The molecule has 2 N–H and O–H groups in total. The Kier molecular flexibility index (Phi) is 6.19. The van der Waals surface area contributed by atoms with Crippen LogP contribution in [0.4, 0.5) is 0 Å². The lowest BCUT2D eigenvalue weighted by molar-refractivity contribution is -1.02. The average Bonchev–Trinajstić information content (AvgIpc) is 2.63. The van der Waals surface area contributed by atoms with E-state index in [2.05, 4.69) is 18.2 Å². The van der Waals surface area contributed by atoms with Crippen molar-refractivity contribution in [1.82, 2.24) is 0 Å². The fourth-order valence-corrected chi connectivity index (χ4v) is 3.82. The van der Waals surface area contributed by atoms with Gasteiger partial charge in [-0.3, -0.25) is 0 Å². The lowest BCUT2D eigenvalue weighted by atomic mass is 10.1. The van der Waals surface area contributed by atoms with Gasteiger partial charge in [0.05, 0.1) is 19.8 Å². The average molecular weight is 363 g/mol. The van der Waals surface area contributed by atoms with E-state index in [4.69, 9.17) is 21.1 Å². The molecule has 0 aromatic heterocycles. The monoisotopic (exact) mass is 362 g/mol. The maximum absolute atomic E-state index is 6.09. The van der Waals surface area contributed by atoms with Crippen molar-refractivity contribution in [3.8, 4) is 11.5 Å². The summed E-state index contributed by atoms with van der Waals surface area (Å²) in [5, 5.41) is 0.825. The van der Waals surface area contributed by atoms with E-state index in [1.165, 1.54) is 24.2 Å². The number of piperazine rings is 1. The SMILES string of the molecule is COc1cccc(C[NH+]2CC[NH+](Cc3cccc(Cl)c3)CC2)c1OC. The highest BCUT2D eigenvalue weighted by molar-refractivity contribution is 6.30. The molecule has 4 nitrogen and oxygen atoms in total. The van der Waals surface area contributed by atoms with Gasteiger partial charge in [-0.2, -0.15) is 0 Å². The zero-order valence-corrected chi connectivity index (χ0v) is 15.7. The van der Waals surface area contributed by atoms with Crippen molar-refractivity contribution in [3.63, 3.8) is 0 Å². The lowest BCUT2D eigenvalue weighted by Crippen LogP contribution is -3.27. The Morgan fingerprint density at radius 1 is 0.880 bits per heavy atom. The highest BCUT2D eigenvalue weighted by Gasteiger charge is 2.24. The van der Waals surface area contributed by atoms with Gasteiger partial charge in [0.2, 0.25) is 0 Å². The Hall–Kier alpha value is -1.75. The number of methoxy groups -OCH3 is 2. The molecule has 2 aromatic rings. The van der Waals surface area contributed by atoms with Crippen LogP contribution in [0, 0.1) is 0 Å². The predicted molar refractivity (Wildman–Crippen MR) is 99.8 cm³/mol. The van der Waals surface area contributed by atoms with Crippen LogP contribution in [0.15, 0.2) is 42.5 Å². The van der Waals surface area contributed by atoms with Gasteiger partial charge >= 0.3 is 0 Å². The van der Waals surface area contributed by atoms with Crippen LogP contribution in [0.25, 0.3) is 0 Å². The lowest BCUT2D eigenvalue weighted by Gasteiger charge is -2.30. The fraction of sp³-hybridized carbons (Fsp3) is 0.400. The van der Waals surface area contributed by atoms with E-state index in [0.717, 1.165) is 42.7 Å². The molecule has 1 aliphatic heterocycles. The van der Waals surface area contributed by atoms with Crippen LogP contribution in [-0.2, 0) is 13.1 Å². The van der Waals surface area contributed by atoms with E-state index in [-0.39, 0.29) is 0 Å². The number of rotatable bonds is 6. The molecule has 25 heavy (non-hydrogen) atoms. The number of benzene rings is 2. The van der Waals surface area contributed by atoms with Crippen LogP contribution in [0.3, 0.4) is 0 Å². The van der Waals surface area contributed by atoms with Gasteiger partial charge in [-0.1, -0.05) is 29.8 Å². The third kappa shape index (κ3) is 4.66. The van der Waals surface area contributed by atoms with E-state index >= 15 is 0 Å². The maximum Gasteiger partial charge on any atom is 0.169 e. The van der Waals surface area contributed by atoms with E-state index in [9.17, 15) is 0 Å². The third-order valence-electron chi connectivity index (χ3n) is 4.93. The second-order valence-corrected chi connectivity index (χ2v) is 7.07. The van der Waals surface area contributed by atoms with Gasteiger partial charge in [0.15, 0.2) is 11.5 Å². The molecule has 5 heteroatoms. The molecule has 134 valence electrons. The highest BCUT2D eigenvalue weighted by atomic mass is 35.5. The van der Waals surface area contributed by atoms with Crippen LogP contribution in [0.5, 0.6) is 11.5 Å². The smallest absolute Gasteiger partial charge is 0.169 e. The molecule has 2 aromatic carbocycles. The number of nitrogens with one attached hydrogen (secondary N) is 2. The first-order valence-electron chi connectivity index (χ1n) is 8.81. The Labute approximate surface area is 154 Å². The van der Waals surface area contributed by atoms with Crippen LogP contribution < -0.4 is 19.3 Å². The quantitative estimate of drug-likeness (QED) is 0.797. The number of quaternary nitrogens is 2. The first-order chi connectivity index (χ1) is 12.2. The minimum atomic E-state index is 0.810. The molecule has 1 fully saturated rings. The molecule has 1 saturated heterocycles. The molecular formula is C20H27ClN2O2+2. The number of halogens is 1. The van der Waals surface area contributed by atoms with Gasteiger partial charge < -0.3 is 19.3 Å². The Bertz CT molecular complexity index is 700. The van der Waals surface area contributed by atoms with Crippen LogP contribution >= 0.6 is 11.6 Å². The second kappa shape index (κ2) is 8.56. The summed E-state index contributed by atoms with van der Waals surface area (Å²) in [6, 6.07) is 14.3. The van der Waals surface area contributed by atoms with Gasteiger partial charge in [0, 0.05) is 10.6 Å². The molecule has 0 spiro atoms. The van der Waals surface area contributed by atoms with Crippen molar-refractivity contribution in [2.45, 2.75) is 13.1 Å². The second-order valence-electron chi connectivity index (χ2n) is 6.64. The zero-order valence-electron chi connectivity index (χ0n) is 15.0. The molecule has 0 amide bonds. The Morgan fingerprint density at radius 3 is 2.20 bits per heavy atom. The molecule has 0 unspecified atom stereocenters. The normalized spacial score (nSPS) is 20.3. The van der Waals surface area contributed by atoms with Crippen molar-refractivity contribution in [3.05, 3.63) is 58.6 Å². The van der Waals surface area contributed by atoms with Crippen molar-refractivity contribution in [1.29, 1.82) is 0 Å². The molecule has 0 atom stereocenters. The zero-order chi connectivity index (χ0) is 17.6. The van der Waals surface area contributed by atoms with Gasteiger partial charge in [-0.05, 0) is 24.3 Å². The van der Waals surface area contributed by atoms with E-state index in [0.29, 0.717) is 0 Å². The number of hydrogen-bond donors (Lipinski definition) is 2. The van der Waals surface area contributed by atoms with Crippen molar-refractivity contribution < 1.29 is 19.3 Å². The van der Waals surface area contributed by atoms with Gasteiger partial charge in [0.1, 0.15) is 39.3 Å². The summed E-state index contributed by atoms with van der Waals surface area (Å²) in [6.07, 6.45) is 0. The van der Waals surface area contributed by atoms with E-state index in [1.54, 1.807) is 24.0 Å². The summed E-state index contributed by atoms with van der Waals surface area (Å²) in [5.41, 5.74) is 2.54. The summed E-state index contributed by atoms with van der Waals surface area (Å²) in [6.45, 7) is 6.70. The van der Waals surface area contributed by atoms with E-state index in [1.807, 2.05) is 24.3 Å². The number of para-hydroxylation sites is 1. The Balaban J connectivity index is 1.56. The molecular weight excluding hydrogens is 336 g/mol. The molecule has 0 aliphatic carbocycles. The number of ether oxygens (including phenoxy) is 2. The first-order valence-corrected chi connectivity index (χ1v) is 9.19. The number of hydrogen-bond acceptors (Lipinski definition) is 2. The minimum absolute atomic E-state index is 0.810. The van der Waals surface area contributed by atoms with Crippen LogP contribution in [0.2, 0.25) is 5.02 Å². The maximum atomic E-state index is 6.09. The summed E-state index contributed by atoms with van der Waals surface area (Å²) in [4.78, 5) is 3.23. The molecule has 1 heterocycles. The van der Waals surface area contributed by atoms with Gasteiger partial charge in [0.25, 0.3) is 0 Å². The topological polar surface area (TPSA) is 27.3 Å². The standard InChI is InChI=1S/C20H25ClN2O2/c1-24-19-8-4-6-17(20(19)25-2)15-23-11-9-22(10-12-23)14-16-5-3-7-18(21)13-16/h3-8,13H,9-12,14-15H2,1-2H3/p+2. The van der Waals surface area contributed by atoms with Crippen LogP contribution in [0.1, 0.15) is 11.1 Å². The summed E-state index contributed by atoms with van der Waals surface area (Å²) in [5.74, 6) is 1.68. The van der Waals surface area contributed by atoms with Crippen molar-refractivity contribution >= 4 is 11.6 Å². The highest BCUT2D eigenvalue weighted by Crippen LogP contribution is 2.30. The van der Waals surface area contributed by atoms with Gasteiger partial charge in [-0.15, -0.1) is 0 Å². The molecule has 0 bridgehead atoms. The third-order valence-corrected chi connectivity index (χ3v) is 5.17. The minimum Gasteiger partial charge on any atom is -0.493 e.